The molecule has 2 N–H and O–H groups in total. The van der Waals surface area contributed by atoms with Gasteiger partial charge in [-0.15, -0.1) is 0 Å². The van der Waals surface area contributed by atoms with Crippen molar-refractivity contribution in [2.24, 2.45) is 5.92 Å². The van der Waals surface area contributed by atoms with Crippen LogP contribution in [0.25, 0.3) is 0 Å². The molecule has 1 aromatic rings. The summed E-state index contributed by atoms with van der Waals surface area (Å²) in [5.74, 6) is 0.366. The number of phenolic OH excluding ortho intramolecular Hbond substituents is 2. The number of phenols is 2. The lowest BCUT2D eigenvalue weighted by atomic mass is 9.98. The molecule has 1 heterocycles. The monoisotopic (exact) mass is 235 g/mol. The van der Waals surface area contributed by atoms with Crippen LogP contribution in [-0.4, -0.2) is 34.1 Å². The minimum absolute atomic E-state index is 0.00322. The maximum atomic E-state index is 12.1. The Kier molecular flexibility index (Phi) is 3.22. The molecule has 1 aliphatic rings. The minimum atomic E-state index is -0.203. The van der Waals surface area contributed by atoms with Crippen LogP contribution < -0.4 is 0 Å². The van der Waals surface area contributed by atoms with Crippen molar-refractivity contribution in [1.82, 2.24) is 4.90 Å². The molecule has 0 saturated carbocycles. The highest BCUT2D eigenvalue weighted by molar-refractivity contribution is 5.97. The quantitative estimate of drug-likeness (QED) is 0.731. The predicted molar refractivity (Wildman–Crippen MR) is 64.1 cm³/mol. The topological polar surface area (TPSA) is 60.8 Å². The summed E-state index contributed by atoms with van der Waals surface area (Å²) < 4.78 is 0. The minimum Gasteiger partial charge on any atom is -0.508 e. The fourth-order valence-corrected chi connectivity index (χ4v) is 2.08. The number of nitrogens with zero attached hydrogens (tertiary/aromatic N) is 1. The highest BCUT2D eigenvalue weighted by atomic mass is 16.3. The van der Waals surface area contributed by atoms with Crippen molar-refractivity contribution >= 4 is 5.91 Å². The van der Waals surface area contributed by atoms with Gasteiger partial charge in [-0.05, 0) is 37.0 Å². The lowest BCUT2D eigenvalue weighted by Gasteiger charge is -2.30. The molecule has 0 atom stereocenters. The first-order chi connectivity index (χ1) is 8.08. The fraction of sp³-hybridized carbons (Fsp3) is 0.462. The Labute approximate surface area is 100 Å². The lowest BCUT2D eigenvalue weighted by Crippen LogP contribution is -2.37. The Morgan fingerprint density at radius 1 is 1.29 bits per heavy atom. The second-order valence-corrected chi connectivity index (χ2v) is 4.68. The van der Waals surface area contributed by atoms with Crippen molar-refractivity contribution in [2.45, 2.75) is 19.8 Å². The van der Waals surface area contributed by atoms with E-state index >= 15 is 0 Å². The second-order valence-electron chi connectivity index (χ2n) is 4.68. The molecule has 92 valence electrons. The molecule has 4 nitrogen and oxygen atoms in total. The molecule has 1 fully saturated rings. The molecule has 1 aliphatic heterocycles. The Morgan fingerprint density at radius 3 is 2.59 bits per heavy atom. The molecule has 0 radical (unpaired) electrons. The molecular formula is C13H17NO3. The fourth-order valence-electron chi connectivity index (χ4n) is 2.08. The number of amides is 1. The zero-order valence-electron chi connectivity index (χ0n) is 9.89. The Balaban J connectivity index is 2.16. The van der Waals surface area contributed by atoms with Crippen molar-refractivity contribution in [2.75, 3.05) is 13.1 Å². The number of carbonyl (C=O) groups excluding carboxylic acids is 1. The van der Waals surface area contributed by atoms with Crippen molar-refractivity contribution < 1.29 is 15.0 Å². The lowest BCUT2D eigenvalue weighted by molar-refractivity contribution is 0.0694. The van der Waals surface area contributed by atoms with Crippen LogP contribution in [0.3, 0.4) is 0 Å². The van der Waals surface area contributed by atoms with E-state index in [1.807, 2.05) is 0 Å². The maximum Gasteiger partial charge on any atom is 0.257 e. The van der Waals surface area contributed by atoms with Crippen LogP contribution in [0.2, 0.25) is 0 Å². The van der Waals surface area contributed by atoms with Crippen LogP contribution in [0.15, 0.2) is 18.2 Å². The van der Waals surface area contributed by atoms with Gasteiger partial charge in [-0.1, -0.05) is 6.92 Å². The Bertz CT molecular complexity index is 423. The van der Waals surface area contributed by atoms with Gasteiger partial charge in [0.15, 0.2) is 0 Å². The van der Waals surface area contributed by atoms with Crippen LogP contribution in [0.4, 0.5) is 0 Å². The number of benzene rings is 1. The van der Waals surface area contributed by atoms with E-state index in [2.05, 4.69) is 6.92 Å². The van der Waals surface area contributed by atoms with Crippen molar-refractivity contribution in [3.63, 3.8) is 0 Å². The average Bonchev–Trinajstić information content (AvgIpc) is 2.32. The molecule has 0 unspecified atom stereocenters. The summed E-state index contributed by atoms with van der Waals surface area (Å²) in [5, 5.41) is 19.0. The first-order valence-corrected chi connectivity index (χ1v) is 5.89. The number of piperidine rings is 1. The molecule has 0 aliphatic carbocycles. The van der Waals surface area contributed by atoms with E-state index in [4.69, 9.17) is 0 Å². The van der Waals surface area contributed by atoms with Gasteiger partial charge < -0.3 is 15.1 Å². The van der Waals surface area contributed by atoms with E-state index < -0.39 is 0 Å². The van der Waals surface area contributed by atoms with E-state index in [0.29, 0.717) is 5.92 Å². The van der Waals surface area contributed by atoms with Crippen LogP contribution in [0.5, 0.6) is 11.5 Å². The van der Waals surface area contributed by atoms with Crippen molar-refractivity contribution in [1.29, 1.82) is 0 Å². The van der Waals surface area contributed by atoms with Gasteiger partial charge in [0.1, 0.15) is 11.5 Å². The molecule has 0 bridgehead atoms. The number of hydrogen-bond donors (Lipinski definition) is 2. The summed E-state index contributed by atoms with van der Waals surface area (Å²) in [4.78, 5) is 13.9. The first kappa shape index (κ1) is 11.8. The summed E-state index contributed by atoms with van der Waals surface area (Å²) in [6.45, 7) is 3.61. The number of hydrogen-bond acceptors (Lipinski definition) is 3. The standard InChI is InChI=1S/C13H17NO3/c1-9-4-6-14(7-5-9)13(17)11-8-10(15)2-3-12(11)16/h2-3,8-9,15-16H,4-7H2,1H3. The normalized spacial score (nSPS) is 17.1. The third kappa shape index (κ3) is 2.52. The van der Waals surface area contributed by atoms with Crippen LogP contribution in [-0.2, 0) is 0 Å². The van der Waals surface area contributed by atoms with E-state index in [0.717, 1.165) is 25.9 Å². The average molecular weight is 235 g/mol. The van der Waals surface area contributed by atoms with E-state index in [9.17, 15) is 15.0 Å². The molecule has 1 aromatic carbocycles. The largest absolute Gasteiger partial charge is 0.508 e. The second kappa shape index (κ2) is 4.65. The number of aromatic hydroxyl groups is 2. The molecule has 4 heteroatoms. The number of likely N-dealkylation sites (tertiary alicyclic amines) is 1. The molecular weight excluding hydrogens is 218 g/mol. The zero-order valence-corrected chi connectivity index (χ0v) is 9.89. The van der Waals surface area contributed by atoms with Gasteiger partial charge in [-0.3, -0.25) is 4.79 Å². The Morgan fingerprint density at radius 2 is 1.94 bits per heavy atom. The van der Waals surface area contributed by atoms with Crippen LogP contribution in [0.1, 0.15) is 30.1 Å². The van der Waals surface area contributed by atoms with Crippen LogP contribution in [0, 0.1) is 5.92 Å². The summed E-state index contributed by atoms with van der Waals surface area (Å²) in [6, 6.07) is 4.02. The molecule has 1 amide bonds. The summed E-state index contributed by atoms with van der Waals surface area (Å²) in [6.07, 6.45) is 1.98. The highest BCUT2D eigenvalue weighted by Gasteiger charge is 2.23. The van der Waals surface area contributed by atoms with Gasteiger partial charge in [0.25, 0.3) is 5.91 Å². The molecule has 0 spiro atoms. The van der Waals surface area contributed by atoms with E-state index in [1.165, 1.54) is 18.2 Å². The number of carbonyl (C=O) groups is 1. The Hall–Kier alpha value is -1.71. The molecule has 1 saturated heterocycles. The number of rotatable bonds is 1. The van der Waals surface area contributed by atoms with E-state index in [-0.39, 0.29) is 23.0 Å². The maximum absolute atomic E-state index is 12.1. The van der Waals surface area contributed by atoms with Gasteiger partial charge in [-0.2, -0.15) is 0 Å². The predicted octanol–water partition coefficient (Wildman–Crippen LogP) is 1.97. The van der Waals surface area contributed by atoms with Gasteiger partial charge in [0.2, 0.25) is 0 Å². The summed E-state index contributed by atoms with van der Waals surface area (Å²) >= 11 is 0. The van der Waals surface area contributed by atoms with Crippen molar-refractivity contribution in [3.8, 4) is 11.5 Å². The van der Waals surface area contributed by atoms with Gasteiger partial charge in [0.05, 0.1) is 5.56 Å². The molecule has 0 aromatic heterocycles. The smallest absolute Gasteiger partial charge is 0.257 e. The SMILES string of the molecule is CC1CCN(C(=O)c2cc(O)ccc2O)CC1. The van der Waals surface area contributed by atoms with Gasteiger partial charge >= 0.3 is 0 Å². The summed E-state index contributed by atoms with van der Waals surface area (Å²) in [5.41, 5.74) is 0.180. The summed E-state index contributed by atoms with van der Waals surface area (Å²) in [7, 11) is 0. The van der Waals surface area contributed by atoms with Crippen molar-refractivity contribution in [3.05, 3.63) is 23.8 Å². The van der Waals surface area contributed by atoms with E-state index in [1.54, 1.807) is 4.90 Å². The van der Waals surface area contributed by atoms with Crippen LogP contribution >= 0.6 is 0 Å². The molecule has 2 rings (SSSR count). The first-order valence-electron chi connectivity index (χ1n) is 5.89. The third-order valence-corrected chi connectivity index (χ3v) is 3.28. The third-order valence-electron chi connectivity index (χ3n) is 3.28. The van der Waals surface area contributed by atoms with Gasteiger partial charge in [-0.25, -0.2) is 0 Å². The van der Waals surface area contributed by atoms with Gasteiger partial charge in [0, 0.05) is 13.1 Å². The molecule has 17 heavy (non-hydrogen) atoms. The zero-order chi connectivity index (χ0) is 12.4. The highest BCUT2D eigenvalue weighted by Crippen LogP contribution is 2.25.